The lowest BCUT2D eigenvalue weighted by Gasteiger charge is -2.07. The predicted octanol–water partition coefficient (Wildman–Crippen LogP) is 14.5. The van der Waals surface area contributed by atoms with Crippen LogP contribution in [0.3, 0.4) is 0 Å². The first-order valence-electron chi connectivity index (χ1n) is 16.9. The summed E-state index contributed by atoms with van der Waals surface area (Å²) < 4.78 is 5.85. The standard InChI is InChI=1S/C20H24BrNO.C11H7NO.C9H18Br2/c1-22-19-11-9-18-16-20(12-10-17(18)15-19)23-14-8-6-4-2-3-5-7-13-21;1-12-10-4-2-9-7-11(13)5-3-8(9)6-10;10-8-6-4-2-1-3-5-7-9-11/h9-12,15-16H,2-8,13-14H2;2-7,13H;1-9H2. The van der Waals surface area contributed by atoms with E-state index in [0.29, 0.717) is 11.4 Å². The maximum absolute atomic E-state index is 9.20. The van der Waals surface area contributed by atoms with Crippen molar-refractivity contribution in [2.75, 3.05) is 22.6 Å². The van der Waals surface area contributed by atoms with Crippen LogP contribution in [0.5, 0.6) is 11.5 Å². The monoisotopic (exact) mass is 826 g/mol. The summed E-state index contributed by atoms with van der Waals surface area (Å²) in [5.41, 5.74) is 1.31. The Morgan fingerprint density at radius 1 is 0.468 bits per heavy atom. The molecule has 0 aromatic heterocycles. The number of unbranched alkanes of at least 4 members (excludes halogenated alkanes) is 12. The van der Waals surface area contributed by atoms with Crippen LogP contribution >= 0.6 is 47.8 Å². The highest BCUT2D eigenvalue weighted by Gasteiger charge is 2.00. The Hall–Kier alpha value is -2.58. The fourth-order valence-electron chi connectivity index (χ4n) is 5.00. The third-order valence-corrected chi connectivity index (χ3v) is 9.36. The number of phenolic OH excluding ortho intramolecular Hbond substituents is 1. The van der Waals surface area contributed by atoms with E-state index in [2.05, 4.69) is 63.5 Å². The van der Waals surface area contributed by atoms with Crippen LogP contribution in [0.4, 0.5) is 11.4 Å². The number of halogens is 3. The van der Waals surface area contributed by atoms with Crippen molar-refractivity contribution in [3.63, 3.8) is 0 Å². The molecule has 1 N–H and O–H groups in total. The highest BCUT2D eigenvalue weighted by molar-refractivity contribution is 9.09. The van der Waals surface area contributed by atoms with Gasteiger partial charge in [-0.25, -0.2) is 9.69 Å². The van der Waals surface area contributed by atoms with E-state index < -0.39 is 0 Å². The average Bonchev–Trinajstić information content (AvgIpc) is 3.10. The van der Waals surface area contributed by atoms with Crippen LogP contribution in [-0.4, -0.2) is 27.7 Å². The molecule has 0 atom stereocenters. The van der Waals surface area contributed by atoms with Crippen molar-refractivity contribution in [3.8, 4) is 11.5 Å². The molecule has 0 fully saturated rings. The first-order chi connectivity index (χ1) is 23.0. The van der Waals surface area contributed by atoms with Crippen LogP contribution < -0.4 is 4.74 Å². The average molecular weight is 830 g/mol. The van der Waals surface area contributed by atoms with Gasteiger partial charge >= 0.3 is 0 Å². The van der Waals surface area contributed by atoms with Gasteiger partial charge in [-0.3, -0.25) is 0 Å². The van der Waals surface area contributed by atoms with Gasteiger partial charge in [0.25, 0.3) is 0 Å². The SMILES string of the molecule is BrCCCCCCCCCBr.[C-]#[N+]c1ccc2cc(O)ccc2c1.[C-]#[N+]c1ccc2cc(OCCCCCCCCCBr)ccc2c1. The molecular formula is C40H49Br3N2O2. The molecule has 4 nitrogen and oxygen atoms in total. The first-order valence-corrected chi connectivity index (χ1v) is 20.2. The molecule has 47 heavy (non-hydrogen) atoms. The summed E-state index contributed by atoms with van der Waals surface area (Å²) >= 11 is 10.3. The molecule has 252 valence electrons. The van der Waals surface area contributed by atoms with Gasteiger partial charge in [0.1, 0.15) is 11.5 Å². The number of benzene rings is 4. The zero-order valence-electron chi connectivity index (χ0n) is 27.5. The molecule has 0 aliphatic heterocycles. The number of ether oxygens (including phenoxy) is 1. The van der Waals surface area contributed by atoms with Gasteiger partial charge in [-0.1, -0.05) is 148 Å². The summed E-state index contributed by atoms with van der Waals surface area (Å²) in [6.07, 6.45) is 18.8. The van der Waals surface area contributed by atoms with E-state index in [1.165, 1.54) is 94.1 Å². The smallest absolute Gasteiger partial charge is 0.187 e. The van der Waals surface area contributed by atoms with Crippen LogP contribution in [0.2, 0.25) is 0 Å². The minimum Gasteiger partial charge on any atom is -0.508 e. The van der Waals surface area contributed by atoms with Crippen LogP contribution in [0.1, 0.15) is 89.9 Å². The number of aromatic hydroxyl groups is 1. The van der Waals surface area contributed by atoms with Crippen molar-refractivity contribution in [1.29, 1.82) is 0 Å². The largest absolute Gasteiger partial charge is 0.508 e. The number of alkyl halides is 3. The summed E-state index contributed by atoms with van der Waals surface area (Å²) in [6.45, 7) is 14.7. The third-order valence-electron chi connectivity index (χ3n) is 7.67. The summed E-state index contributed by atoms with van der Waals surface area (Å²) in [6, 6.07) is 22.3. The van der Waals surface area contributed by atoms with E-state index in [1.54, 1.807) is 24.3 Å². The summed E-state index contributed by atoms with van der Waals surface area (Å²) in [7, 11) is 0. The van der Waals surface area contributed by atoms with Crippen LogP contribution in [0.25, 0.3) is 31.2 Å². The molecular weight excluding hydrogens is 780 g/mol. The third kappa shape index (κ3) is 18.0. The van der Waals surface area contributed by atoms with Crippen molar-refractivity contribution in [2.24, 2.45) is 0 Å². The highest BCUT2D eigenvalue weighted by Crippen LogP contribution is 2.26. The lowest BCUT2D eigenvalue weighted by Crippen LogP contribution is -1.97. The van der Waals surface area contributed by atoms with Crippen molar-refractivity contribution in [3.05, 3.63) is 95.6 Å². The van der Waals surface area contributed by atoms with Crippen LogP contribution in [0.15, 0.2) is 72.8 Å². The van der Waals surface area contributed by atoms with Crippen molar-refractivity contribution < 1.29 is 9.84 Å². The number of nitrogens with zero attached hydrogens (tertiary/aromatic N) is 2. The number of hydrogen-bond donors (Lipinski definition) is 1. The Labute approximate surface area is 308 Å². The van der Waals surface area contributed by atoms with Gasteiger partial charge in [0.15, 0.2) is 11.4 Å². The molecule has 0 unspecified atom stereocenters. The Morgan fingerprint density at radius 2 is 0.851 bits per heavy atom. The van der Waals surface area contributed by atoms with Crippen molar-refractivity contribution >= 4 is 80.7 Å². The number of hydrogen-bond acceptors (Lipinski definition) is 2. The quantitative estimate of drug-likeness (QED) is 0.0616. The zero-order valence-corrected chi connectivity index (χ0v) is 32.3. The summed E-state index contributed by atoms with van der Waals surface area (Å²) in [5, 5.41) is 16.8. The van der Waals surface area contributed by atoms with Crippen molar-refractivity contribution in [2.45, 2.75) is 89.9 Å². The molecule has 0 saturated carbocycles. The number of phenols is 1. The Balaban J connectivity index is 0.000000270. The topological polar surface area (TPSA) is 38.2 Å². The van der Waals surface area contributed by atoms with E-state index in [9.17, 15) is 5.11 Å². The molecule has 0 aliphatic carbocycles. The zero-order chi connectivity index (χ0) is 34.0. The second-order valence-corrected chi connectivity index (χ2v) is 13.9. The normalized spacial score (nSPS) is 10.3. The highest BCUT2D eigenvalue weighted by atomic mass is 79.9. The molecule has 4 aromatic rings. The van der Waals surface area contributed by atoms with Gasteiger partial charge in [0, 0.05) is 16.0 Å². The van der Waals surface area contributed by atoms with Gasteiger partial charge < -0.3 is 9.84 Å². The Bertz CT molecular complexity index is 1510. The van der Waals surface area contributed by atoms with Gasteiger partial charge in [0.05, 0.1) is 19.8 Å². The van der Waals surface area contributed by atoms with Gasteiger partial charge in [-0.05, 0) is 83.6 Å². The number of rotatable bonds is 18. The Morgan fingerprint density at radius 3 is 1.32 bits per heavy atom. The second kappa shape index (κ2) is 26.4. The first kappa shape index (κ1) is 40.6. The molecule has 0 spiro atoms. The van der Waals surface area contributed by atoms with E-state index in [4.69, 9.17) is 17.9 Å². The molecule has 0 saturated heterocycles. The summed E-state index contributed by atoms with van der Waals surface area (Å²) in [5.74, 6) is 1.17. The lowest BCUT2D eigenvalue weighted by molar-refractivity contribution is 0.304. The molecule has 0 heterocycles. The Kier molecular flexibility index (Phi) is 22.8. The molecule has 4 rings (SSSR count). The maximum Gasteiger partial charge on any atom is 0.187 e. The lowest BCUT2D eigenvalue weighted by atomic mass is 10.1. The fourth-order valence-corrected chi connectivity index (χ4v) is 6.19. The van der Waals surface area contributed by atoms with Gasteiger partial charge in [0.2, 0.25) is 0 Å². The molecule has 0 radical (unpaired) electrons. The van der Waals surface area contributed by atoms with E-state index in [1.807, 2.05) is 42.5 Å². The minimum absolute atomic E-state index is 0.253. The van der Waals surface area contributed by atoms with Crippen molar-refractivity contribution in [1.82, 2.24) is 0 Å². The van der Waals surface area contributed by atoms with Crippen LogP contribution in [0, 0.1) is 13.1 Å². The molecule has 0 bridgehead atoms. The summed E-state index contributed by atoms with van der Waals surface area (Å²) in [4.78, 5) is 6.79. The number of fused-ring (bicyclic) bond motifs is 2. The van der Waals surface area contributed by atoms with Gasteiger partial charge in [-0.15, -0.1) is 0 Å². The fraction of sp³-hybridized carbons (Fsp3) is 0.450. The van der Waals surface area contributed by atoms with E-state index in [0.717, 1.165) is 45.7 Å². The second-order valence-electron chi connectivity index (χ2n) is 11.5. The maximum atomic E-state index is 9.20. The predicted molar refractivity (Wildman–Crippen MR) is 214 cm³/mol. The minimum atomic E-state index is 0.253. The molecule has 0 aliphatic rings. The van der Waals surface area contributed by atoms with Gasteiger partial charge in [-0.2, -0.15) is 0 Å². The molecule has 4 aromatic carbocycles. The molecule has 7 heteroatoms. The van der Waals surface area contributed by atoms with Crippen LogP contribution in [-0.2, 0) is 0 Å². The molecule has 0 amide bonds. The van der Waals surface area contributed by atoms with E-state index >= 15 is 0 Å². The van der Waals surface area contributed by atoms with E-state index in [-0.39, 0.29) is 5.75 Å².